The fourth-order valence-electron chi connectivity index (χ4n) is 10.3. The quantitative estimate of drug-likeness (QED) is 0.0948. The summed E-state index contributed by atoms with van der Waals surface area (Å²) in [6, 6.07) is 16.0. The van der Waals surface area contributed by atoms with Gasteiger partial charge in [0.2, 0.25) is 21.8 Å². The van der Waals surface area contributed by atoms with Crippen LogP contribution in [0.1, 0.15) is 89.6 Å². The van der Waals surface area contributed by atoms with Crippen molar-refractivity contribution in [3.8, 4) is 16.2 Å². The highest BCUT2D eigenvalue weighted by Crippen LogP contribution is 2.47. The maximum atomic E-state index is 14.1. The number of ether oxygens (including phenoxy) is 1. The Hall–Kier alpha value is -6.68. The number of rotatable bonds is 13. The number of halogens is 1. The van der Waals surface area contributed by atoms with Crippen LogP contribution < -0.4 is 25.2 Å². The van der Waals surface area contributed by atoms with Gasteiger partial charge < -0.3 is 25.2 Å². The van der Waals surface area contributed by atoms with Gasteiger partial charge in [0.05, 0.1) is 28.7 Å². The van der Waals surface area contributed by atoms with Crippen LogP contribution in [0.5, 0.6) is 5.75 Å². The number of aromatic carboxylic acids is 1. The van der Waals surface area contributed by atoms with Gasteiger partial charge in [-0.05, 0) is 92.6 Å². The van der Waals surface area contributed by atoms with Crippen molar-refractivity contribution < 1.29 is 47.3 Å². The molecule has 10 rings (SSSR count). The minimum atomic E-state index is -3.86. The number of nitrogens with one attached hydrogen (secondary N) is 2. The molecule has 22 heteroatoms. The van der Waals surface area contributed by atoms with Gasteiger partial charge in [0.15, 0.2) is 23.1 Å². The van der Waals surface area contributed by atoms with Crippen molar-refractivity contribution in [3.63, 3.8) is 0 Å². The number of carbonyl (C=O) groups is 5. The summed E-state index contributed by atoms with van der Waals surface area (Å²) in [5.74, 6) is -2.94. The lowest BCUT2D eigenvalue weighted by atomic mass is 9.85. The van der Waals surface area contributed by atoms with Crippen molar-refractivity contribution in [1.82, 2.24) is 29.2 Å². The number of amides is 3. The van der Waals surface area contributed by atoms with Gasteiger partial charge in [0, 0.05) is 54.3 Å². The third-order valence-corrected chi connectivity index (χ3v) is 17.1. The van der Waals surface area contributed by atoms with Crippen LogP contribution in [0.25, 0.3) is 27.0 Å². The van der Waals surface area contributed by atoms with Gasteiger partial charge >= 0.3 is 11.9 Å². The Morgan fingerprint density at radius 1 is 1.01 bits per heavy atom. The van der Waals surface area contributed by atoms with E-state index in [0.717, 1.165) is 40.5 Å². The molecule has 0 spiro atoms. The average Bonchev–Trinajstić information content (AvgIpc) is 3.97. The molecular weight excluding hydrogens is 950 g/mol. The molecule has 3 aromatic heterocycles. The molecule has 0 aliphatic carbocycles. The lowest BCUT2D eigenvalue weighted by molar-refractivity contribution is -0.139. The maximum Gasteiger partial charge on any atom is 0.349 e. The zero-order chi connectivity index (χ0) is 48.5. The first kappa shape index (κ1) is 46.1. The van der Waals surface area contributed by atoms with Crippen LogP contribution in [-0.4, -0.2) is 116 Å². The average molecular weight is 997 g/mol. The first-order chi connectivity index (χ1) is 33.0. The number of thiophene rings is 1. The minimum Gasteiger partial charge on any atom is -0.479 e. The largest absolute Gasteiger partial charge is 0.479 e. The number of imide groups is 1. The highest BCUT2D eigenvalue weighted by molar-refractivity contribution is 7.88. The van der Waals surface area contributed by atoms with Crippen molar-refractivity contribution in [3.05, 3.63) is 93.7 Å². The van der Waals surface area contributed by atoms with Gasteiger partial charge in [-0.15, -0.1) is 11.3 Å². The van der Waals surface area contributed by atoms with Gasteiger partial charge in [-0.3, -0.25) is 24.6 Å². The molecule has 0 bridgehead atoms. The molecule has 0 saturated carbocycles. The molecule has 69 heavy (non-hydrogen) atoms. The van der Waals surface area contributed by atoms with E-state index >= 15 is 0 Å². The third kappa shape index (κ3) is 8.61. The number of aliphatic carboxylic acids is 1. The van der Waals surface area contributed by atoms with Gasteiger partial charge in [-0.1, -0.05) is 41.9 Å². The highest BCUT2D eigenvalue weighted by atomic mass is 35.5. The Balaban J connectivity index is 0.778. The first-order valence-corrected chi connectivity index (χ1v) is 25.2. The van der Waals surface area contributed by atoms with Crippen molar-refractivity contribution >= 4 is 96.4 Å². The Morgan fingerprint density at radius 2 is 1.80 bits per heavy atom. The second-order valence-electron chi connectivity index (χ2n) is 18.3. The molecule has 3 fully saturated rings. The molecule has 4 aliphatic rings. The minimum absolute atomic E-state index is 0.000672. The number of aromatic nitrogens is 4. The number of imidazole rings is 1. The van der Waals surface area contributed by atoms with Crippen LogP contribution in [-0.2, 0) is 30.2 Å². The van der Waals surface area contributed by atoms with E-state index in [-0.39, 0.29) is 70.3 Å². The van der Waals surface area contributed by atoms with E-state index in [9.17, 15) is 37.5 Å². The summed E-state index contributed by atoms with van der Waals surface area (Å²) in [6.45, 7) is 4.65. The number of carboxylic acids is 2. The normalized spacial score (nSPS) is 19.9. The molecule has 3 amide bonds. The number of fused-ring (bicyclic) bond motifs is 1. The number of anilines is 3. The number of carbonyl (C=O) groups excluding carboxylic acids is 3. The zero-order valence-corrected chi connectivity index (χ0v) is 39.7. The van der Waals surface area contributed by atoms with Crippen molar-refractivity contribution in [2.24, 2.45) is 0 Å². The summed E-state index contributed by atoms with van der Waals surface area (Å²) in [6.07, 6.45) is 6.26. The number of nitrogens with zero attached hydrogens (tertiary/aromatic N) is 7. The number of hydrogen-bond donors (Lipinski definition) is 4. The van der Waals surface area contributed by atoms with Crippen LogP contribution in [0.4, 0.5) is 17.2 Å². The fraction of sp³-hybridized carbons (Fsp3) is 0.362. The van der Waals surface area contributed by atoms with E-state index in [1.54, 1.807) is 29.3 Å². The number of hydrogen-bond acceptors (Lipinski definition) is 14. The monoisotopic (exact) mass is 995 g/mol. The number of benzene rings is 3. The lowest BCUT2D eigenvalue weighted by Crippen LogP contribution is -2.55. The molecule has 358 valence electrons. The Bertz CT molecular complexity index is 3240. The van der Waals surface area contributed by atoms with E-state index in [4.69, 9.17) is 26.4 Å². The predicted molar refractivity (Wildman–Crippen MR) is 257 cm³/mol. The number of sulfonamides is 1. The van der Waals surface area contributed by atoms with Crippen LogP contribution in [0, 0.1) is 0 Å². The molecule has 2 unspecified atom stereocenters. The lowest BCUT2D eigenvalue weighted by Gasteiger charge is -2.44. The molecule has 3 aromatic carbocycles. The Kier molecular flexibility index (Phi) is 11.8. The van der Waals surface area contributed by atoms with E-state index in [2.05, 4.69) is 31.7 Å². The van der Waals surface area contributed by atoms with Gasteiger partial charge in [-0.25, -0.2) is 27.5 Å². The summed E-state index contributed by atoms with van der Waals surface area (Å²) in [4.78, 5) is 74.5. The van der Waals surface area contributed by atoms with Crippen LogP contribution >= 0.6 is 22.9 Å². The molecule has 19 nitrogen and oxygen atoms in total. The highest BCUT2D eigenvalue weighted by Gasteiger charge is 2.43. The third-order valence-electron chi connectivity index (χ3n) is 13.4. The van der Waals surface area contributed by atoms with Crippen molar-refractivity contribution in [1.29, 1.82) is 0 Å². The van der Waals surface area contributed by atoms with Gasteiger partial charge in [-0.2, -0.15) is 14.4 Å². The smallest absolute Gasteiger partial charge is 0.349 e. The summed E-state index contributed by atoms with van der Waals surface area (Å²) in [7, 11) is -3.86. The fourth-order valence-corrected chi connectivity index (χ4v) is 13.6. The Labute approximate surface area is 404 Å². The van der Waals surface area contributed by atoms with E-state index in [1.165, 1.54) is 15.0 Å². The Morgan fingerprint density at radius 3 is 2.54 bits per heavy atom. The molecule has 4 aliphatic heterocycles. The van der Waals surface area contributed by atoms with Crippen molar-refractivity contribution in [2.75, 3.05) is 41.4 Å². The van der Waals surface area contributed by atoms with Gasteiger partial charge in [0.25, 0.3) is 11.7 Å². The first-order valence-electron chi connectivity index (χ1n) is 22.4. The van der Waals surface area contributed by atoms with Crippen LogP contribution in [0.15, 0.2) is 67.0 Å². The standard InChI is InChI=1S/C47H46ClN9O10S2/c1-47(2)20-28(50-27-6-3-5-26(19-27)41-39(48)40(67-23-37(59)60)42(68-41)45(63)64)15-18-56(47)69(65,66)24-29-21-49-46-51-35(22-55(46)53-29)54-16-13-25(14-17-54)30-9-10-33-38-31(30)7-4-8-32(38)44(62)57(33)34-11-12-36(58)52-43(34)61/h3-10,19,21-22,25,28,34,50H,11-18,20,23-24H2,1-2H3,(H,59,60)(H,63,64)(H,52,58,61). The predicted octanol–water partition coefficient (Wildman–Crippen LogP) is 6.16. The van der Waals surface area contributed by atoms with Crippen LogP contribution in [0.2, 0.25) is 5.02 Å². The van der Waals surface area contributed by atoms with Crippen LogP contribution in [0.3, 0.4) is 0 Å². The molecule has 0 radical (unpaired) electrons. The number of piperidine rings is 3. The van der Waals surface area contributed by atoms with E-state index in [0.29, 0.717) is 64.9 Å². The molecule has 6 aromatic rings. The zero-order valence-electron chi connectivity index (χ0n) is 37.3. The summed E-state index contributed by atoms with van der Waals surface area (Å²) in [5, 5.41) is 31.1. The molecule has 2 atom stereocenters. The van der Waals surface area contributed by atoms with Crippen molar-refractivity contribution in [2.45, 2.75) is 81.7 Å². The summed E-state index contributed by atoms with van der Waals surface area (Å²) < 4.78 is 36.4. The second kappa shape index (κ2) is 17.7. The summed E-state index contributed by atoms with van der Waals surface area (Å²) in [5.41, 5.74) is 3.18. The number of carboxylic acid groups (broad SMARTS) is 2. The molecular formula is C47H46ClN9O10S2. The molecule has 7 heterocycles. The molecule has 4 N–H and O–H groups in total. The second-order valence-corrected chi connectivity index (χ2v) is 21.6. The van der Waals surface area contributed by atoms with E-state index < -0.39 is 46.1 Å². The van der Waals surface area contributed by atoms with E-state index in [1.807, 2.05) is 44.2 Å². The maximum absolute atomic E-state index is 14.1. The SMILES string of the molecule is CC1(C)CC(Nc2cccc(-c3sc(C(=O)O)c(OCC(=O)O)c3Cl)c2)CCN1S(=O)(=O)Cc1cnc2nc(N3CCC(c4ccc5c6c(cccc46)C(=O)N5C4CCC(=O)NC4=O)CC3)cn2n1. The summed E-state index contributed by atoms with van der Waals surface area (Å²) >= 11 is 7.41. The van der Waals surface area contributed by atoms with Gasteiger partial charge in [0.1, 0.15) is 16.8 Å². The molecule has 3 saturated heterocycles. The topological polar surface area (TPSA) is 246 Å².